The number of halogens is 5. The number of hydrogen-bond donors (Lipinski definition) is 3. The van der Waals surface area contributed by atoms with Gasteiger partial charge in [-0.3, -0.25) is 4.79 Å². The lowest BCUT2D eigenvalue weighted by atomic mass is 10.1. The van der Waals surface area contributed by atoms with Gasteiger partial charge in [0.2, 0.25) is 5.89 Å². The summed E-state index contributed by atoms with van der Waals surface area (Å²) in [5.41, 5.74) is 8.64. The molecule has 2 heterocycles. The molecule has 2 aromatic heterocycles. The van der Waals surface area contributed by atoms with Crippen LogP contribution in [0.25, 0.3) is 22.6 Å². The molecule has 1 atom stereocenters. The van der Waals surface area contributed by atoms with Crippen LogP contribution in [0.4, 0.5) is 24.7 Å². The number of benzene rings is 2. The fourth-order valence-electron chi connectivity index (χ4n) is 3.83. The Morgan fingerprint density at radius 3 is 2.41 bits per heavy atom. The fraction of sp³-hybridized carbons (Fsp3) is 0.231. The van der Waals surface area contributed by atoms with E-state index in [1.54, 1.807) is 18.3 Å². The van der Waals surface area contributed by atoms with Crippen LogP contribution < -0.4 is 20.7 Å². The first-order valence-electron chi connectivity index (χ1n) is 11.8. The Kier molecular flexibility index (Phi) is 8.50. The number of carboxylic acid groups (broad SMARTS) is 1. The standard InChI is InChI=1S/C26H22Cl2F3N5O5/c1-36(2)20-4-3-13(10-33-20)23-34-18-9-15(32)8-14(21(18)41-23)11-40-22-16(27)5-12(6-17(22)28)7-19(24(37)38)35-25(39)26(29,30)31/h3-6,8-10,19H,7,11,32H2,1-2H3,(H,35,39)(H,37,38)/t19-/m0/s1. The number of pyridine rings is 1. The molecule has 216 valence electrons. The number of ether oxygens (including phenoxy) is 1. The van der Waals surface area contributed by atoms with Gasteiger partial charge >= 0.3 is 18.1 Å². The molecule has 0 aliphatic heterocycles. The van der Waals surface area contributed by atoms with E-state index in [-0.39, 0.29) is 28.0 Å². The van der Waals surface area contributed by atoms with E-state index in [2.05, 4.69) is 9.97 Å². The summed E-state index contributed by atoms with van der Waals surface area (Å²) in [6.07, 6.45) is -4.13. The van der Waals surface area contributed by atoms with Gasteiger partial charge in [0.25, 0.3) is 0 Å². The van der Waals surface area contributed by atoms with Gasteiger partial charge < -0.3 is 30.2 Å². The highest BCUT2D eigenvalue weighted by Gasteiger charge is 2.40. The number of oxazole rings is 1. The number of carboxylic acids is 1. The number of nitrogens with one attached hydrogen (secondary N) is 1. The zero-order valence-electron chi connectivity index (χ0n) is 21.4. The number of aliphatic carboxylic acids is 1. The molecule has 0 fully saturated rings. The SMILES string of the molecule is CN(C)c1ccc(-c2nc3cc(N)cc(COc4c(Cl)cc(C[C@H](NC(=O)C(F)(F)F)C(=O)O)cc4Cl)c3o2)cn1. The quantitative estimate of drug-likeness (QED) is 0.220. The highest BCUT2D eigenvalue weighted by Crippen LogP contribution is 2.36. The number of anilines is 2. The summed E-state index contributed by atoms with van der Waals surface area (Å²) in [4.78, 5) is 33.4. The Hall–Kier alpha value is -4.23. The number of hydrogen-bond acceptors (Lipinski definition) is 8. The van der Waals surface area contributed by atoms with Gasteiger partial charge in [-0.1, -0.05) is 23.2 Å². The van der Waals surface area contributed by atoms with Gasteiger partial charge in [0.1, 0.15) is 24.0 Å². The molecule has 0 saturated carbocycles. The van der Waals surface area contributed by atoms with Crippen LogP contribution in [0.5, 0.6) is 5.75 Å². The molecule has 0 unspecified atom stereocenters. The van der Waals surface area contributed by atoms with Crippen molar-refractivity contribution in [3.63, 3.8) is 0 Å². The Balaban J connectivity index is 1.54. The minimum atomic E-state index is -5.25. The number of aromatic nitrogens is 2. The van der Waals surface area contributed by atoms with E-state index in [1.165, 1.54) is 17.4 Å². The number of alkyl halides is 3. The molecule has 4 aromatic rings. The predicted molar refractivity (Wildman–Crippen MR) is 146 cm³/mol. The minimum Gasteiger partial charge on any atom is -0.486 e. The number of nitrogens with zero attached hydrogens (tertiary/aromatic N) is 3. The number of amides is 1. The summed E-state index contributed by atoms with van der Waals surface area (Å²) in [5.74, 6) is -2.95. The average Bonchev–Trinajstić information content (AvgIpc) is 3.31. The lowest BCUT2D eigenvalue weighted by Crippen LogP contribution is -2.47. The third-order valence-electron chi connectivity index (χ3n) is 5.77. The first-order chi connectivity index (χ1) is 19.2. The maximum absolute atomic E-state index is 12.6. The number of carbonyl (C=O) groups is 2. The van der Waals surface area contributed by atoms with Crippen molar-refractivity contribution in [2.75, 3.05) is 24.7 Å². The maximum atomic E-state index is 12.6. The van der Waals surface area contributed by atoms with Crippen molar-refractivity contribution in [3.05, 3.63) is 63.8 Å². The normalized spacial score (nSPS) is 12.3. The monoisotopic (exact) mass is 611 g/mol. The third-order valence-corrected chi connectivity index (χ3v) is 6.33. The molecule has 0 saturated heterocycles. The Bertz CT molecular complexity index is 1590. The van der Waals surface area contributed by atoms with Gasteiger partial charge in [-0.05, 0) is 42.0 Å². The summed E-state index contributed by atoms with van der Waals surface area (Å²) >= 11 is 12.6. The second-order valence-electron chi connectivity index (χ2n) is 9.09. The first-order valence-corrected chi connectivity index (χ1v) is 12.5. The summed E-state index contributed by atoms with van der Waals surface area (Å²) in [5, 5.41) is 10.6. The molecule has 0 aliphatic rings. The molecule has 0 aliphatic carbocycles. The topological polar surface area (TPSA) is 144 Å². The molecule has 1 amide bonds. The summed E-state index contributed by atoms with van der Waals surface area (Å²) in [7, 11) is 3.74. The van der Waals surface area contributed by atoms with Gasteiger partial charge in [-0.15, -0.1) is 0 Å². The molecule has 10 nitrogen and oxygen atoms in total. The lowest BCUT2D eigenvalue weighted by molar-refractivity contribution is -0.175. The molecule has 4 N–H and O–H groups in total. The summed E-state index contributed by atoms with van der Waals surface area (Å²) in [6.45, 7) is -0.105. The molecule has 15 heteroatoms. The molecule has 0 bridgehead atoms. The second kappa shape index (κ2) is 11.7. The van der Waals surface area contributed by atoms with E-state index in [1.807, 2.05) is 31.1 Å². The van der Waals surface area contributed by atoms with Crippen LogP contribution in [0.2, 0.25) is 10.0 Å². The summed E-state index contributed by atoms with van der Waals surface area (Å²) in [6, 6.07) is 7.59. The van der Waals surface area contributed by atoms with Crippen molar-refractivity contribution in [3.8, 4) is 17.2 Å². The second-order valence-corrected chi connectivity index (χ2v) is 9.90. The largest absolute Gasteiger partial charge is 0.486 e. The van der Waals surface area contributed by atoms with E-state index in [0.717, 1.165) is 5.82 Å². The van der Waals surface area contributed by atoms with Crippen LogP contribution in [0, 0.1) is 0 Å². The van der Waals surface area contributed by atoms with Crippen molar-refractivity contribution < 1.29 is 37.0 Å². The van der Waals surface area contributed by atoms with E-state index in [9.17, 15) is 27.9 Å². The first kappa shape index (κ1) is 29.7. The Labute approximate surface area is 240 Å². The van der Waals surface area contributed by atoms with Gasteiger partial charge in [0, 0.05) is 38.0 Å². The predicted octanol–water partition coefficient (Wildman–Crippen LogP) is 5.10. The van der Waals surface area contributed by atoms with Crippen LogP contribution in [0.3, 0.4) is 0 Å². The zero-order chi connectivity index (χ0) is 30.1. The summed E-state index contributed by atoms with van der Waals surface area (Å²) < 4.78 is 49.6. The molecule has 4 rings (SSSR count). The van der Waals surface area contributed by atoms with E-state index < -0.39 is 30.5 Å². The molecular formula is C26H22Cl2F3N5O5. The zero-order valence-corrected chi connectivity index (χ0v) is 22.9. The van der Waals surface area contributed by atoms with Gasteiger partial charge in [0.05, 0.1) is 15.6 Å². The number of carbonyl (C=O) groups excluding carboxylic acids is 1. The van der Waals surface area contributed by atoms with Crippen LogP contribution in [0.15, 0.2) is 47.0 Å². The van der Waals surface area contributed by atoms with Crippen LogP contribution in [0.1, 0.15) is 11.1 Å². The molecule has 0 radical (unpaired) electrons. The van der Waals surface area contributed by atoms with Crippen LogP contribution in [-0.2, 0) is 22.6 Å². The molecule has 41 heavy (non-hydrogen) atoms. The maximum Gasteiger partial charge on any atom is 0.471 e. The van der Waals surface area contributed by atoms with Gasteiger partial charge in [-0.2, -0.15) is 13.2 Å². The third kappa shape index (κ3) is 6.92. The minimum absolute atomic E-state index is 0.0297. The van der Waals surface area contributed by atoms with Gasteiger partial charge in [-0.25, -0.2) is 14.8 Å². The van der Waals surface area contributed by atoms with Crippen molar-refractivity contribution in [1.29, 1.82) is 0 Å². The van der Waals surface area contributed by atoms with E-state index in [0.29, 0.717) is 33.8 Å². The number of fused-ring (bicyclic) bond motifs is 1. The molecule has 0 spiro atoms. The van der Waals surface area contributed by atoms with Crippen LogP contribution >= 0.6 is 23.2 Å². The lowest BCUT2D eigenvalue weighted by Gasteiger charge is -2.17. The van der Waals surface area contributed by atoms with Crippen molar-refractivity contribution in [1.82, 2.24) is 15.3 Å². The van der Waals surface area contributed by atoms with E-state index >= 15 is 0 Å². The number of nitrogens with two attached hydrogens (primary N) is 1. The highest BCUT2D eigenvalue weighted by atomic mass is 35.5. The highest BCUT2D eigenvalue weighted by molar-refractivity contribution is 6.37. The molecule has 2 aromatic carbocycles. The Morgan fingerprint density at radius 1 is 1.17 bits per heavy atom. The van der Waals surface area contributed by atoms with Crippen LogP contribution in [-0.4, -0.2) is 53.3 Å². The Morgan fingerprint density at radius 2 is 1.85 bits per heavy atom. The van der Waals surface area contributed by atoms with Gasteiger partial charge in [0.15, 0.2) is 11.3 Å². The number of rotatable bonds is 9. The van der Waals surface area contributed by atoms with Crippen molar-refractivity contribution in [2.24, 2.45) is 0 Å². The molecular weight excluding hydrogens is 590 g/mol. The van der Waals surface area contributed by atoms with Crippen molar-refractivity contribution >= 4 is 57.7 Å². The smallest absolute Gasteiger partial charge is 0.471 e. The number of nitrogen functional groups attached to an aromatic ring is 1. The fourth-order valence-corrected chi connectivity index (χ4v) is 4.47. The average molecular weight is 612 g/mol. The van der Waals surface area contributed by atoms with Crippen molar-refractivity contribution in [2.45, 2.75) is 25.2 Å². The van der Waals surface area contributed by atoms with E-state index in [4.69, 9.17) is 38.1 Å².